The van der Waals surface area contributed by atoms with Gasteiger partial charge in [0.2, 0.25) is 15.9 Å². The molecule has 0 radical (unpaired) electrons. The van der Waals surface area contributed by atoms with E-state index < -0.39 is 22.0 Å². The molecule has 11 heteroatoms. The highest BCUT2D eigenvalue weighted by atomic mass is 32.2. The van der Waals surface area contributed by atoms with Gasteiger partial charge in [0.15, 0.2) is 0 Å². The average Bonchev–Trinajstić information content (AvgIpc) is 3.08. The summed E-state index contributed by atoms with van der Waals surface area (Å²) in [5, 5.41) is 0.500. The second kappa shape index (κ2) is 11.0. The van der Waals surface area contributed by atoms with Crippen LogP contribution < -0.4 is 4.72 Å². The van der Waals surface area contributed by atoms with Crippen LogP contribution in [0.2, 0.25) is 0 Å². The van der Waals surface area contributed by atoms with Crippen molar-refractivity contribution >= 4 is 39.6 Å². The number of sulfonamides is 1. The number of amides is 1. The van der Waals surface area contributed by atoms with E-state index in [0.717, 1.165) is 0 Å². The third-order valence-electron chi connectivity index (χ3n) is 3.93. The van der Waals surface area contributed by atoms with Crippen LogP contribution in [0, 0.1) is 0 Å². The van der Waals surface area contributed by atoms with Gasteiger partial charge in [-0.15, -0.1) is 6.58 Å². The maximum Gasteiger partial charge on any atom is 0.338 e. The van der Waals surface area contributed by atoms with E-state index in [1.165, 1.54) is 60.2 Å². The van der Waals surface area contributed by atoms with Gasteiger partial charge < -0.3 is 14.4 Å². The van der Waals surface area contributed by atoms with Crippen molar-refractivity contribution in [2.75, 3.05) is 32.6 Å². The number of esters is 2. The molecule has 0 aromatic heterocycles. The maximum absolute atomic E-state index is 12.1. The summed E-state index contributed by atoms with van der Waals surface area (Å²) in [4.78, 5) is 36.9. The van der Waals surface area contributed by atoms with Crippen LogP contribution in [0.3, 0.4) is 0 Å². The number of nitrogens with zero attached hydrogens (tertiary/aromatic N) is 1. The third-order valence-corrected chi connectivity index (χ3v) is 6.40. The molecule has 1 heterocycles. The first-order valence-electron chi connectivity index (χ1n) is 8.89. The van der Waals surface area contributed by atoms with Gasteiger partial charge >= 0.3 is 11.9 Å². The van der Waals surface area contributed by atoms with Crippen molar-refractivity contribution in [1.29, 1.82) is 0 Å². The fourth-order valence-electron chi connectivity index (χ4n) is 2.42. The van der Waals surface area contributed by atoms with Gasteiger partial charge in [-0.1, -0.05) is 17.8 Å². The Morgan fingerprint density at radius 1 is 1.30 bits per heavy atom. The van der Waals surface area contributed by atoms with Crippen molar-refractivity contribution in [1.82, 2.24) is 9.62 Å². The molecule has 0 atom stereocenters. The predicted molar refractivity (Wildman–Crippen MR) is 111 cm³/mol. The summed E-state index contributed by atoms with van der Waals surface area (Å²) >= 11 is 1.24. The van der Waals surface area contributed by atoms with E-state index in [1.807, 2.05) is 0 Å². The minimum Gasteiger partial charge on any atom is -0.466 e. The summed E-state index contributed by atoms with van der Waals surface area (Å²) in [5.74, 6) is -1.05. The zero-order valence-electron chi connectivity index (χ0n) is 16.3. The Balaban J connectivity index is 1.86. The predicted octanol–water partition coefficient (Wildman–Crippen LogP) is 1.29. The van der Waals surface area contributed by atoms with E-state index in [4.69, 9.17) is 4.74 Å². The number of carbonyl (C=O) groups excluding carboxylic acids is 3. The van der Waals surface area contributed by atoms with Crippen LogP contribution in [0.5, 0.6) is 0 Å². The Morgan fingerprint density at radius 3 is 2.63 bits per heavy atom. The fourth-order valence-corrected chi connectivity index (χ4v) is 4.38. The van der Waals surface area contributed by atoms with Crippen LogP contribution in [-0.2, 0) is 29.1 Å². The molecule has 0 saturated carbocycles. The summed E-state index contributed by atoms with van der Waals surface area (Å²) in [6.45, 7) is 3.88. The molecule has 0 spiro atoms. The molecule has 1 aliphatic heterocycles. The maximum atomic E-state index is 12.1. The number of rotatable bonds is 10. The molecular weight excluding hydrogens is 432 g/mol. The van der Waals surface area contributed by atoms with Crippen LogP contribution >= 0.6 is 11.8 Å². The highest BCUT2D eigenvalue weighted by molar-refractivity contribution is 8.04. The van der Waals surface area contributed by atoms with Crippen molar-refractivity contribution in [2.24, 2.45) is 0 Å². The van der Waals surface area contributed by atoms with E-state index in [2.05, 4.69) is 16.0 Å². The first-order valence-corrected chi connectivity index (χ1v) is 11.4. The molecule has 0 unspecified atom stereocenters. The minimum atomic E-state index is -3.67. The number of thioether (sulfide) groups is 1. The van der Waals surface area contributed by atoms with E-state index in [-0.39, 0.29) is 41.8 Å². The molecule has 1 aromatic rings. The Bertz CT molecular complexity index is 940. The lowest BCUT2D eigenvalue weighted by molar-refractivity contribution is -0.134. The quantitative estimate of drug-likeness (QED) is 0.243. The lowest BCUT2D eigenvalue weighted by Gasteiger charge is -2.16. The average molecular weight is 455 g/mol. The number of benzene rings is 1. The van der Waals surface area contributed by atoms with Crippen LogP contribution in [0.1, 0.15) is 16.8 Å². The van der Waals surface area contributed by atoms with E-state index in [0.29, 0.717) is 11.4 Å². The number of carbonyl (C=O) groups is 3. The van der Waals surface area contributed by atoms with Gasteiger partial charge in [-0.3, -0.25) is 4.79 Å². The lowest BCUT2D eigenvalue weighted by Crippen LogP contribution is -2.27. The van der Waals surface area contributed by atoms with Crippen molar-refractivity contribution in [3.05, 3.63) is 53.6 Å². The second-order valence-corrected chi connectivity index (χ2v) is 8.76. The lowest BCUT2D eigenvalue weighted by atomic mass is 10.2. The van der Waals surface area contributed by atoms with Gasteiger partial charge in [-0.25, -0.2) is 22.7 Å². The molecule has 0 aliphatic carbocycles. The van der Waals surface area contributed by atoms with E-state index in [1.54, 1.807) is 0 Å². The number of ether oxygens (including phenoxy) is 2. The molecule has 0 bridgehead atoms. The van der Waals surface area contributed by atoms with Gasteiger partial charge in [0.05, 0.1) is 41.0 Å². The molecule has 2 rings (SSSR count). The van der Waals surface area contributed by atoms with Gasteiger partial charge in [0.1, 0.15) is 0 Å². The van der Waals surface area contributed by atoms with Crippen molar-refractivity contribution < 1.29 is 32.3 Å². The normalized spacial score (nSPS) is 15.3. The molecular formula is C19H22N2O7S2. The summed E-state index contributed by atoms with van der Waals surface area (Å²) in [5.41, 5.74) is 0.205. The zero-order valence-corrected chi connectivity index (χ0v) is 18.0. The highest BCUT2D eigenvalue weighted by Crippen LogP contribution is 2.28. The zero-order chi connectivity index (χ0) is 22.1. The van der Waals surface area contributed by atoms with Crippen molar-refractivity contribution in [2.45, 2.75) is 11.3 Å². The van der Waals surface area contributed by atoms with Crippen LogP contribution in [0.25, 0.3) is 0 Å². The molecule has 1 amide bonds. The molecule has 1 aliphatic rings. The first-order chi connectivity index (χ1) is 14.3. The number of methoxy groups -OCH3 is 1. The summed E-state index contributed by atoms with van der Waals surface area (Å²) in [6, 6.07) is 5.35. The molecule has 1 aromatic carbocycles. The molecule has 1 fully saturated rings. The standard InChI is InChI=1S/C19H22N2O7S2/c1-3-9-20-30(25,26)15-7-5-14(6-8-15)19(24)28-11-4-10-21-16(22)13-29-17(21)12-18(23)27-2/h3,5-8,12,20H,1,4,9-11,13H2,2H3/b17-12+. The van der Waals surface area contributed by atoms with Crippen LogP contribution in [0.4, 0.5) is 0 Å². The molecule has 162 valence electrons. The largest absolute Gasteiger partial charge is 0.466 e. The van der Waals surface area contributed by atoms with Crippen LogP contribution in [-0.4, -0.2) is 63.7 Å². The Kier molecular flexibility index (Phi) is 8.63. The number of hydrogen-bond acceptors (Lipinski definition) is 8. The molecule has 1 N–H and O–H groups in total. The Morgan fingerprint density at radius 2 is 2.00 bits per heavy atom. The molecule has 9 nitrogen and oxygen atoms in total. The van der Waals surface area contributed by atoms with E-state index in [9.17, 15) is 22.8 Å². The highest BCUT2D eigenvalue weighted by Gasteiger charge is 2.27. The smallest absolute Gasteiger partial charge is 0.338 e. The number of nitrogens with one attached hydrogen (secondary N) is 1. The van der Waals surface area contributed by atoms with Gasteiger partial charge in [0, 0.05) is 13.1 Å². The SMILES string of the molecule is C=CCNS(=O)(=O)c1ccc(C(=O)OCCCN2C(=O)CS/C2=C/C(=O)OC)cc1. The van der Waals surface area contributed by atoms with Crippen molar-refractivity contribution in [3.63, 3.8) is 0 Å². The second-order valence-electron chi connectivity index (χ2n) is 5.99. The van der Waals surface area contributed by atoms with Gasteiger partial charge in [-0.2, -0.15) is 0 Å². The monoisotopic (exact) mass is 454 g/mol. The summed E-state index contributed by atoms with van der Waals surface area (Å²) < 4.78 is 36.1. The van der Waals surface area contributed by atoms with Gasteiger partial charge in [-0.05, 0) is 30.7 Å². The minimum absolute atomic E-state index is 0.0240. The van der Waals surface area contributed by atoms with E-state index >= 15 is 0 Å². The van der Waals surface area contributed by atoms with Crippen molar-refractivity contribution in [3.8, 4) is 0 Å². The Hall–Kier alpha value is -2.63. The summed E-state index contributed by atoms with van der Waals surface area (Å²) in [6.07, 6.45) is 3.04. The fraction of sp³-hybridized carbons (Fsp3) is 0.316. The summed E-state index contributed by atoms with van der Waals surface area (Å²) in [7, 11) is -2.41. The number of hydrogen-bond donors (Lipinski definition) is 1. The van der Waals surface area contributed by atoms with Gasteiger partial charge in [0.25, 0.3) is 0 Å². The third kappa shape index (κ3) is 6.44. The topological polar surface area (TPSA) is 119 Å². The Labute approximate surface area is 179 Å². The molecule has 1 saturated heterocycles. The molecule has 30 heavy (non-hydrogen) atoms. The first kappa shape index (κ1) is 23.6. The van der Waals surface area contributed by atoms with Crippen LogP contribution in [0.15, 0.2) is 52.9 Å².